The van der Waals surface area contributed by atoms with E-state index in [9.17, 15) is 9.59 Å². The third kappa shape index (κ3) is 3.93. The summed E-state index contributed by atoms with van der Waals surface area (Å²) in [5.74, 6) is -0.291. The van der Waals surface area contributed by atoms with Gasteiger partial charge in [-0.3, -0.25) is 9.48 Å². The molecule has 1 fully saturated rings. The molecule has 1 aliphatic heterocycles. The Morgan fingerprint density at radius 2 is 1.96 bits per heavy atom. The lowest BCUT2D eigenvalue weighted by Gasteiger charge is -2.40. The number of carbonyl (C=O) groups excluding carboxylic acids is 2. The van der Waals surface area contributed by atoms with Crippen LogP contribution in [-0.4, -0.2) is 55.6 Å². The fourth-order valence-electron chi connectivity index (χ4n) is 2.43. The average Bonchev–Trinajstić information content (AvgIpc) is 2.94. The highest BCUT2D eigenvalue weighted by Gasteiger charge is 2.36. The molecule has 1 N–H and O–H groups in total. The lowest BCUT2D eigenvalue weighted by atomic mass is 10.1. The molecule has 132 valence electrons. The highest BCUT2D eigenvalue weighted by atomic mass is 16.6. The first-order chi connectivity index (χ1) is 11.8. The molecule has 0 saturated carbocycles. The van der Waals surface area contributed by atoms with E-state index in [0.717, 1.165) is 0 Å². The molecule has 0 atom stereocenters. The van der Waals surface area contributed by atoms with Crippen LogP contribution in [0.3, 0.4) is 0 Å². The molecule has 0 spiro atoms. The Balaban J connectivity index is 1.62. The Hall–Kier alpha value is -2.97. The SMILES string of the molecule is CC(C)(C)OC(=O)N1CC(n2nccc2C(=O)Nc2ccnnc2)C1. The first-order valence-electron chi connectivity index (χ1n) is 7.93. The van der Waals surface area contributed by atoms with Crippen molar-refractivity contribution in [3.8, 4) is 0 Å². The standard InChI is InChI=1S/C16H20N6O3/c1-16(2,3)25-15(24)21-9-12(10-21)22-13(5-7-19-22)14(23)20-11-4-6-17-18-8-11/h4-8,12H,9-10H2,1-3H3,(H,17,20,23). The van der Waals surface area contributed by atoms with Crippen LogP contribution in [0.15, 0.2) is 30.7 Å². The minimum Gasteiger partial charge on any atom is -0.444 e. The number of anilines is 1. The van der Waals surface area contributed by atoms with E-state index in [1.807, 2.05) is 20.8 Å². The summed E-state index contributed by atoms with van der Waals surface area (Å²) in [5.41, 5.74) is 0.444. The number of rotatable bonds is 3. The zero-order valence-electron chi connectivity index (χ0n) is 14.3. The maximum atomic E-state index is 12.4. The number of ether oxygens (including phenoxy) is 1. The summed E-state index contributed by atoms with van der Waals surface area (Å²) in [6.45, 7) is 6.38. The summed E-state index contributed by atoms with van der Waals surface area (Å²) in [7, 11) is 0. The molecule has 1 saturated heterocycles. The average molecular weight is 344 g/mol. The quantitative estimate of drug-likeness (QED) is 0.909. The monoisotopic (exact) mass is 344 g/mol. The molecule has 9 nitrogen and oxygen atoms in total. The first kappa shape index (κ1) is 16.9. The number of hydrogen-bond acceptors (Lipinski definition) is 6. The molecule has 9 heteroatoms. The highest BCUT2D eigenvalue weighted by Crippen LogP contribution is 2.24. The van der Waals surface area contributed by atoms with Crippen molar-refractivity contribution < 1.29 is 14.3 Å². The summed E-state index contributed by atoms with van der Waals surface area (Å²) in [6.07, 6.45) is 4.17. The van der Waals surface area contributed by atoms with Gasteiger partial charge in [-0.2, -0.15) is 15.3 Å². The van der Waals surface area contributed by atoms with Crippen molar-refractivity contribution in [3.63, 3.8) is 0 Å². The molecular weight excluding hydrogens is 324 g/mol. The number of carbonyl (C=O) groups is 2. The van der Waals surface area contributed by atoms with Crippen LogP contribution in [0.1, 0.15) is 37.3 Å². The van der Waals surface area contributed by atoms with Crippen molar-refractivity contribution in [1.82, 2.24) is 24.9 Å². The van der Waals surface area contributed by atoms with E-state index in [0.29, 0.717) is 24.5 Å². The Labute approximate surface area is 145 Å². The first-order valence-corrected chi connectivity index (χ1v) is 7.93. The Bertz CT molecular complexity index is 762. The molecule has 25 heavy (non-hydrogen) atoms. The van der Waals surface area contributed by atoms with Gasteiger partial charge in [0.2, 0.25) is 0 Å². The van der Waals surface area contributed by atoms with Gasteiger partial charge in [-0.15, -0.1) is 0 Å². The van der Waals surface area contributed by atoms with E-state index in [1.54, 1.807) is 27.9 Å². The molecular formula is C16H20N6O3. The number of aromatic nitrogens is 4. The van der Waals surface area contributed by atoms with Gasteiger partial charge >= 0.3 is 6.09 Å². The molecule has 1 aliphatic rings. The second kappa shape index (κ2) is 6.50. The van der Waals surface area contributed by atoms with Crippen LogP contribution in [-0.2, 0) is 4.74 Å². The summed E-state index contributed by atoms with van der Waals surface area (Å²) >= 11 is 0. The van der Waals surface area contributed by atoms with Crippen molar-refractivity contribution in [3.05, 3.63) is 36.4 Å². The largest absolute Gasteiger partial charge is 0.444 e. The Morgan fingerprint density at radius 1 is 1.20 bits per heavy atom. The molecule has 2 aromatic heterocycles. The van der Waals surface area contributed by atoms with Crippen LogP contribution in [0.4, 0.5) is 10.5 Å². The van der Waals surface area contributed by atoms with Gasteiger partial charge in [0.15, 0.2) is 0 Å². The molecule has 0 bridgehead atoms. The third-order valence-corrected chi connectivity index (χ3v) is 3.60. The van der Waals surface area contributed by atoms with Gasteiger partial charge in [0, 0.05) is 19.3 Å². The molecule has 2 amide bonds. The van der Waals surface area contributed by atoms with Crippen LogP contribution in [0.5, 0.6) is 0 Å². The van der Waals surface area contributed by atoms with Gasteiger partial charge in [0.25, 0.3) is 5.91 Å². The fourth-order valence-corrected chi connectivity index (χ4v) is 2.43. The topological polar surface area (TPSA) is 102 Å². The second-order valence-electron chi connectivity index (χ2n) is 6.79. The van der Waals surface area contributed by atoms with E-state index in [4.69, 9.17) is 4.74 Å². The predicted molar refractivity (Wildman–Crippen MR) is 89.1 cm³/mol. The maximum absolute atomic E-state index is 12.4. The number of hydrogen-bond donors (Lipinski definition) is 1. The molecule has 0 aliphatic carbocycles. The zero-order valence-corrected chi connectivity index (χ0v) is 14.3. The second-order valence-corrected chi connectivity index (χ2v) is 6.79. The van der Waals surface area contributed by atoms with Gasteiger partial charge in [0.1, 0.15) is 11.3 Å². The Morgan fingerprint density at radius 3 is 2.60 bits per heavy atom. The van der Waals surface area contributed by atoms with Crippen molar-refractivity contribution in [2.75, 3.05) is 18.4 Å². The van der Waals surface area contributed by atoms with Crippen molar-refractivity contribution >= 4 is 17.7 Å². The minimum atomic E-state index is -0.530. The summed E-state index contributed by atoms with van der Waals surface area (Å²) in [5, 5.41) is 14.3. The zero-order chi connectivity index (χ0) is 18.0. The summed E-state index contributed by atoms with van der Waals surface area (Å²) < 4.78 is 6.96. The summed E-state index contributed by atoms with van der Waals surface area (Å²) in [4.78, 5) is 26.0. The number of likely N-dealkylation sites (tertiary alicyclic amines) is 1. The van der Waals surface area contributed by atoms with E-state index < -0.39 is 5.60 Å². The van der Waals surface area contributed by atoms with Crippen LogP contribution >= 0.6 is 0 Å². The van der Waals surface area contributed by atoms with E-state index in [1.165, 1.54) is 12.4 Å². The Kier molecular flexibility index (Phi) is 4.39. The van der Waals surface area contributed by atoms with Crippen LogP contribution in [0, 0.1) is 0 Å². The van der Waals surface area contributed by atoms with E-state index >= 15 is 0 Å². The molecule has 0 aromatic carbocycles. The van der Waals surface area contributed by atoms with Gasteiger partial charge in [-0.1, -0.05) is 0 Å². The lowest BCUT2D eigenvalue weighted by Crippen LogP contribution is -2.52. The van der Waals surface area contributed by atoms with Crippen molar-refractivity contribution in [2.24, 2.45) is 0 Å². The maximum Gasteiger partial charge on any atom is 0.410 e. The van der Waals surface area contributed by atoms with Crippen molar-refractivity contribution in [1.29, 1.82) is 0 Å². The van der Waals surface area contributed by atoms with Gasteiger partial charge in [0.05, 0.1) is 24.1 Å². The third-order valence-electron chi connectivity index (χ3n) is 3.60. The normalized spacial score (nSPS) is 14.8. The smallest absolute Gasteiger partial charge is 0.410 e. The van der Waals surface area contributed by atoms with E-state index in [2.05, 4.69) is 20.6 Å². The van der Waals surface area contributed by atoms with Crippen LogP contribution in [0.25, 0.3) is 0 Å². The fraction of sp³-hybridized carbons (Fsp3) is 0.438. The van der Waals surface area contributed by atoms with Crippen LogP contribution in [0.2, 0.25) is 0 Å². The number of nitrogens with zero attached hydrogens (tertiary/aromatic N) is 5. The molecule has 2 aromatic rings. The van der Waals surface area contributed by atoms with Gasteiger partial charge < -0.3 is 15.0 Å². The highest BCUT2D eigenvalue weighted by molar-refractivity contribution is 6.02. The minimum absolute atomic E-state index is 0.0566. The van der Waals surface area contributed by atoms with Crippen LogP contribution < -0.4 is 5.32 Å². The summed E-state index contributed by atoms with van der Waals surface area (Å²) in [6, 6.07) is 3.23. The lowest BCUT2D eigenvalue weighted by molar-refractivity contribution is -0.000591. The molecule has 0 radical (unpaired) electrons. The van der Waals surface area contributed by atoms with E-state index in [-0.39, 0.29) is 18.0 Å². The number of nitrogens with one attached hydrogen (secondary N) is 1. The van der Waals surface area contributed by atoms with Gasteiger partial charge in [-0.05, 0) is 32.9 Å². The molecule has 3 rings (SSSR count). The molecule has 3 heterocycles. The number of amides is 2. The molecule has 0 unspecified atom stereocenters. The van der Waals surface area contributed by atoms with Crippen molar-refractivity contribution in [2.45, 2.75) is 32.4 Å². The predicted octanol–water partition coefficient (Wildman–Crippen LogP) is 1.72. The van der Waals surface area contributed by atoms with Gasteiger partial charge in [-0.25, -0.2) is 4.79 Å².